The third-order valence-electron chi connectivity index (χ3n) is 2.16. The monoisotopic (exact) mass is 159 g/mol. The second-order valence-electron chi connectivity index (χ2n) is 2.85. The molecule has 1 N–H and O–H groups in total. The molecular formula is C9H21NO. The maximum atomic E-state index is 9.05. The molecule has 0 saturated carbocycles. The first kappa shape index (κ1) is 10.9. The number of rotatable bonds is 6. The molecule has 0 aromatic heterocycles. The van der Waals surface area contributed by atoms with Crippen LogP contribution >= 0.6 is 0 Å². The van der Waals surface area contributed by atoms with Crippen LogP contribution in [0.4, 0.5) is 0 Å². The first-order valence-electron chi connectivity index (χ1n) is 4.64. The molecule has 2 heteroatoms. The molecule has 68 valence electrons. The molecule has 0 fully saturated rings. The zero-order chi connectivity index (χ0) is 8.69. The van der Waals surface area contributed by atoms with Crippen LogP contribution in [-0.4, -0.2) is 35.7 Å². The molecule has 0 spiro atoms. The molecule has 1 unspecified atom stereocenters. The topological polar surface area (TPSA) is 23.5 Å². The molecule has 1 atom stereocenters. The Hall–Kier alpha value is -0.0800. The van der Waals surface area contributed by atoms with Gasteiger partial charge in [0.05, 0.1) is 6.61 Å². The highest BCUT2D eigenvalue weighted by Gasteiger charge is 2.12. The number of aliphatic hydroxyl groups excluding tert-OH is 1. The van der Waals surface area contributed by atoms with E-state index in [4.69, 9.17) is 5.11 Å². The lowest BCUT2D eigenvalue weighted by atomic mass is 10.1. The van der Waals surface area contributed by atoms with Gasteiger partial charge in [0, 0.05) is 6.04 Å². The molecule has 2 nitrogen and oxygen atoms in total. The predicted molar refractivity (Wildman–Crippen MR) is 48.7 cm³/mol. The number of aliphatic hydroxyl groups is 1. The van der Waals surface area contributed by atoms with Gasteiger partial charge in [0.2, 0.25) is 0 Å². The van der Waals surface area contributed by atoms with E-state index in [0.29, 0.717) is 12.6 Å². The maximum Gasteiger partial charge on any atom is 0.0586 e. The Morgan fingerprint density at radius 1 is 1.18 bits per heavy atom. The fourth-order valence-electron chi connectivity index (χ4n) is 1.46. The molecule has 0 heterocycles. The summed E-state index contributed by atoms with van der Waals surface area (Å²) in [5.41, 5.74) is 0. The average molecular weight is 159 g/mol. The van der Waals surface area contributed by atoms with Gasteiger partial charge in [-0.2, -0.15) is 0 Å². The molecule has 0 aromatic carbocycles. The normalized spacial score (nSPS) is 13.9. The SMILES string of the molecule is CCCC(CO)N(CC)CC. The van der Waals surface area contributed by atoms with Crippen molar-refractivity contribution in [3.63, 3.8) is 0 Å². The lowest BCUT2D eigenvalue weighted by Gasteiger charge is -2.27. The Morgan fingerprint density at radius 3 is 2.00 bits per heavy atom. The van der Waals surface area contributed by atoms with Crippen molar-refractivity contribution in [2.45, 2.75) is 39.7 Å². The van der Waals surface area contributed by atoms with Crippen molar-refractivity contribution in [1.82, 2.24) is 4.90 Å². The number of hydrogen-bond acceptors (Lipinski definition) is 2. The van der Waals surface area contributed by atoms with Crippen LogP contribution in [0.5, 0.6) is 0 Å². The minimum Gasteiger partial charge on any atom is -0.395 e. The standard InChI is InChI=1S/C9H21NO/c1-4-7-9(8-11)10(5-2)6-3/h9,11H,4-8H2,1-3H3. The van der Waals surface area contributed by atoms with Gasteiger partial charge in [-0.1, -0.05) is 27.2 Å². The summed E-state index contributed by atoms with van der Waals surface area (Å²) in [4.78, 5) is 2.31. The van der Waals surface area contributed by atoms with Crippen molar-refractivity contribution in [3.05, 3.63) is 0 Å². The van der Waals surface area contributed by atoms with E-state index in [1.807, 2.05) is 0 Å². The third-order valence-corrected chi connectivity index (χ3v) is 2.16. The van der Waals surface area contributed by atoms with Crippen molar-refractivity contribution >= 4 is 0 Å². The van der Waals surface area contributed by atoms with E-state index >= 15 is 0 Å². The van der Waals surface area contributed by atoms with E-state index in [9.17, 15) is 0 Å². The van der Waals surface area contributed by atoms with Gasteiger partial charge in [-0.05, 0) is 19.5 Å². The van der Waals surface area contributed by atoms with Crippen molar-refractivity contribution in [2.75, 3.05) is 19.7 Å². The van der Waals surface area contributed by atoms with E-state index in [0.717, 1.165) is 25.9 Å². The Labute approximate surface area is 70.2 Å². The quantitative estimate of drug-likeness (QED) is 0.634. The van der Waals surface area contributed by atoms with Gasteiger partial charge in [-0.3, -0.25) is 4.90 Å². The molecule has 11 heavy (non-hydrogen) atoms. The van der Waals surface area contributed by atoms with Gasteiger partial charge in [0.1, 0.15) is 0 Å². The van der Waals surface area contributed by atoms with E-state index < -0.39 is 0 Å². The molecule has 0 bridgehead atoms. The highest BCUT2D eigenvalue weighted by Crippen LogP contribution is 2.05. The summed E-state index contributed by atoms with van der Waals surface area (Å²) in [6.07, 6.45) is 2.26. The van der Waals surface area contributed by atoms with Gasteiger partial charge in [-0.25, -0.2) is 0 Å². The van der Waals surface area contributed by atoms with E-state index in [-0.39, 0.29) is 0 Å². The zero-order valence-electron chi connectivity index (χ0n) is 8.01. The Bertz CT molecular complexity index is 81.6. The fourth-order valence-corrected chi connectivity index (χ4v) is 1.46. The highest BCUT2D eigenvalue weighted by molar-refractivity contribution is 4.67. The van der Waals surface area contributed by atoms with E-state index in [1.54, 1.807) is 0 Å². The zero-order valence-corrected chi connectivity index (χ0v) is 8.01. The molecule has 0 amide bonds. The summed E-state index contributed by atoms with van der Waals surface area (Å²) in [5.74, 6) is 0. The second-order valence-corrected chi connectivity index (χ2v) is 2.85. The molecule has 0 aliphatic heterocycles. The van der Waals surface area contributed by atoms with Crippen molar-refractivity contribution < 1.29 is 5.11 Å². The molecule has 0 radical (unpaired) electrons. The van der Waals surface area contributed by atoms with Gasteiger partial charge < -0.3 is 5.11 Å². The van der Waals surface area contributed by atoms with Gasteiger partial charge in [0.15, 0.2) is 0 Å². The van der Waals surface area contributed by atoms with Crippen molar-refractivity contribution in [2.24, 2.45) is 0 Å². The summed E-state index contributed by atoms with van der Waals surface area (Å²) in [5, 5.41) is 9.05. The molecule has 0 saturated heterocycles. The van der Waals surface area contributed by atoms with Crippen LogP contribution in [-0.2, 0) is 0 Å². The van der Waals surface area contributed by atoms with Crippen LogP contribution in [0.25, 0.3) is 0 Å². The summed E-state index contributed by atoms with van der Waals surface area (Å²) in [7, 11) is 0. The molecular weight excluding hydrogens is 138 g/mol. The molecule has 0 rings (SSSR count). The number of likely N-dealkylation sites (N-methyl/N-ethyl adjacent to an activating group) is 1. The first-order chi connectivity index (χ1) is 5.29. The smallest absolute Gasteiger partial charge is 0.0586 e. The van der Waals surface area contributed by atoms with Gasteiger partial charge in [0.25, 0.3) is 0 Å². The van der Waals surface area contributed by atoms with Crippen LogP contribution in [0.1, 0.15) is 33.6 Å². The minimum atomic E-state index is 0.301. The number of hydrogen-bond donors (Lipinski definition) is 1. The van der Waals surface area contributed by atoms with Crippen LogP contribution in [0.3, 0.4) is 0 Å². The lowest BCUT2D eigenvalue weighted by molar-refractivity contribution is 0.125. The molecule has 0 aliphatic carbocycles. The number of nitrogens with zero attached hydrogens (tertiary/aromatic N) is 1. The van der Waals surface area contributed by atoms with Crippen LogP contribution in [0.2, 0.25) is 0 Å². The Kier molecular flexibility index (Phi) is 6.57. The van der Waals surface area contributed by atoms with Crippen molar-refractivity contribution in [3.8, 4) is 0 Å². The maximum absolute atomic E-state index is 9.05. The molecule has 0 aliphatic rings. The van der Waals surface area contributed by atoms with Gasteiger partial charge >= 0.3 is 0 Å². The highest BCUT2D eigenvalue weighted by atomic mass is 16.3. The lowest BCUT2D eigenvalue weighted by Crippen LogP contribution is -2.37. The second kappa shape index (κ2) is 6.62. The third kappa shape index (κ3) is 3.73. The summed E-state index contributed by atoms with van der Waals surface area (Å²) in [6.45, 7) is 8.83. The van der Waals surface area contributed by atoms with Crippen LogP contribution < -0.4 is 0 Å². The van der Waals surface area contributed by atoms with Crippen LogP contribution in [0.15, 0.2) is 0 Å². The Morgan fingerprint density at radius 2 is 1.73 bits per heavy atom. The fraction of sp³-hybridized carbons (Fsp3) is 1.00. The Balaban J connectivity index is 3.76. The van der Waals surface area contributed by atoms with E-state index in [2.05, 4.69) is 25.7 Å². The van der Waals surface area contributed by atoms with Gasteiger partial charge in [-0.15, -0.1) is 0 Å². The summed E-state index contributed by atoms with van der Waals surface area (Å²) in [6, 6.07) is 0.384. The summed E-state index contributed by atoms with van der Waals surface area (Å²) < 4.78 is 0. The average Bonchev–Trinajstić information content (AvgIpc) is 2.05. The largest absolute Gasteiger partial charge is 0.395 e. The summed E-state index contributed by atoms with van der Waals surface area (Å²) >= 11 is 0. The van der Waals surface area contributed by atoms with Crippen molar-refractivity contribution in [1.29, 1.82) is 0 Å². The molecule has 0 aromatic rings. The first-order valence-corrected chi connectivity index (χ1v) is 4.64. The van der Waals surface area contributed by atoms with Crippen LogP contribution in [0, 0.1) is 0 Å². The van der Waals surface area contributed by atoms with E-state index in [1.165, 1.54) is 0 Å². The predicted octanol–water partition coefficient (Wildman–Crippen LogP) is 1.49. The minimum absolute atomic E-state index is 0.301.